The standard InChI is InChI=1S/C22H17NO.ClH/c1-15-11-12-22(24)19(13-15)21-14-18(16-7-3-2-4-8-16)17-9-5-6-10-20(17)23-21;/h2-14,24H,1H3;1H. The van der Waals surface area contributed by atoms with Crippen LogP contribution in [-0.2, 0) is 0 Å². The van der Waals surface area contributed by atoms with E-state index in [2.05, 4.69) is 24.3 Å². The van der Waals surface area contributed by atoms with E-state index in [1.165, 1.54) is 0 Å². The molecule has 4 aromatic rings. The minimum atomic E-state index is 0. The van der Waals surface area contributed by atoms with Crippen molar-refractivity contribution < 1.29 is 5.11 Å². The maximum Gasteiger partial charge on any atom is 0.124 e. The summed E-state index contributed by atoms with van der Waals surface area (Å²) in [7, 11) is 0. The van der Waals surface area contributed by atoms with E-state index in [0.29, 0.717) is 0 Å². The lowest BCUT2D eigenvalue weighted by Gasteiger charge is -2.11. The molecule has 0 radical (unpaired) electrons. The van der Waals surface area contributed by atoms with Crippen molar-refractivity contribution in [2.24, 2.45) is 0 Å². The number of benzene rings is 3. The molecule has 3 heteroatoms. The minimum absolute atomic E-state index is 0. The summed E-state index contributed by atoms with van der Waals surface area (Å²) in [5.41, 5.74) is 5.84. The largest absolute Gasteiger partial charge is 0.507 e. The van der Waals surface area contributed by atoms with Gasteiger partial charge in [-0.2, -0.15) is 0 Å². The van der Waals surface area contributed by atoms with Crippen LogP contribution in [0.1, 0.15) is 5.56 Å². The fraction of sp³-hybridized carbons (Fsp3) is 0.0455. The normalized spacial score (nSPS) is 10.4. The molecule has 25 heavy (non-hydrogen) atoms. The van der Waals surface area contributed by atoms with Gasteiger partial charge in [0, 0.05) is 10.9 Å². The molecule has 0 amide bonds. The third-order valence-corrected chi connectivity index (χ3v) is 4.23. The molecule has 2 nitrogen and oxygen atoms in total. The number of halogens is 1. The quantitative estimate of drug-likeness (QED) is 0.482. The van der Waals surface area contributed by atoms with Gasteiger partial charge in [0.1, 0.15) is 5.75 Å². The highest BCUT2D eigenvalue weighted by atomic mass is 35.5. The summed E-state index contributed by atoms with van der Waals surface area (Å²) in [5, 5.41) is 11.4. The molecule has 3 aromatic carbocycles. The molecule has 0 fully saturated rings. The highest BCUT2D eigenvalue weighted by molar-refractivity contribution is 5.97. The first-order valence-electron chi connectivity index (χ1n) is 7.97. The zero-order valence-corrected chi connectivity index (χ0v) is 14.6. The van der Waals surface area contributed by atoms with Crippen LogP contribution >= 0.6 is 12.4 Å². The van der Waals surface area contributed by atoms with Crippen molar-refractivity contribution in [2.75, 3.05) is 0 Å². The molecule has 0 bridgehead atoms. The summed E-state index contributed by atoms with van der Waals surface area (Å²) in [6.07, 6.45) is 0. The first-order valence-corrected chi connectivity index (χ1v) is 7.97. The molecule has 1 N–H and O–H groups in total. The second-order valence-electron chi connectivity index (χ2n) is 5.96. The van der Waals surface area contributed by atoms with E-state index < -0.39 is 0 Å². The van der Waals surface area contributed by atoms with Crippen LogP contribution in [0.3, 0.4) is 0 Å². The number of phenolic OH excluding ortho intramolecular Hbond substituents is 1. The maximum atomic E-state index is 10.3. The molecule has 0 aliphatic carbocycles. The molecule has 0 saturated heterocycles. The van der Waals surface area contributed by atoms with Gasteiger partial charge < -0.3 is 5.11 Å². The Morgan fingerprint density at radius 3 is 2.28 bits per heavy atom. The van der Waals surface area contributed by atoms with Gasteiger partial charge in [0.05, 0.1) is 11.2 Å². The fourth-order valence-corrected chi connectivity index (χ4v) is 3.02. The van der Waals surface area contributed by atoms with E-state index in [1.54, 1.807) is 6.07 Å². The van der Waals surface area contributed by atoms with E-state index in [-0.39, 0.29) is 18.2 Å². The first kappa shape index (κ1) is 17.0. The molecular weight excluding hydrogens is 330 g/mol. The zero-order chi connectivity index (χ0) is 16.5. The molecule has 0 aliphatic heterocycles. The molecule has 0 saturated carbocycles. The highest BCUT2D eigenvalue weighted by Crippen LogP contribution is 2.35. The number of nitrogens with zero attached hydrogens (tertiary/aromatic N) is 1. The van der Waals surface area contributed by atoms with Crippen LogP contribution in [0.25, 0.3) is 33.3 Å². The van der Waals surface area contributed by atoms with Crippen molar-refractivity contribution in [1.29, 1.82) is 0 Å². The molecule has 4 rings (SSSR count). The number of phenols is 1. The maximum absolute atomic E-state index is 10.3. The van der Waals surface area contributed by atoms with Gasteiger partial charge in [-0.25, -0.2) is 4.98 Å². The Kier molecular flexibility index (Phi) is 4.73. The van der Waals surface area contributed by atoms with Gasteiger partial charge in [-0.05, 0) is 42.3 Å². The molecule has 124 valence electrons. The van der Waals surface area contributed by atoms with Crippen LogP contribution in [0, 0.1) is 6.92 Å². The molecule has 1 heterocycles. The summed E-state index contributed by atoms with van der Waals surface area (Å²) < 4.78 is 0. The van der Waals surface area contributed by atoms with E-state index in [9.17, 15) is 5.11 Å². The number of aryl methyl sites for hydroxylation is 1. The van der Waals surface area contributed by atoms with Gasteiger partial charge in [0.2, 0.25) is 0 Å². The van der Waals surface area contributed by atoms with Gasteiger partial charge in [-0.15, -0.1) is 12.4 Å². The van der Waals surface area contributed by atoms with E-state index in [4.69, 9.17) is 4.98 Å². The van der Waals surface area contributed by atoms with Crippen LogP contribution in [0.5, 0.6) is 5.75 Å². The predicted octanol–water partition coefficient (Wildman–Crippen LogP) is 6.00. The SMILES string of the molecule is Cc1ccc(O)c(-c2cc(-c3ccccc3)c3ccccc3n2)c1.Cl. The lowest BCUT2D eigenvalue weighted by molar-refractivity contribution is 0.477. The molecular formula is C22H18ClNO. The van der Waals surface area contributed by atoms with Gasteiger partial charge in [0.25, 0.3) is 0 Å². The number of aromatic hydroxyl groups is 1. The topological polar surface area (TPSA) is 33.1 Å². The van der Waals surface area contributed by atoms with Crippen LogP contribution in [0.15, 0.2) is 78.9 Å². The van der Waals surface area contributed by atoms with Crippen LogP contribution < -0.4 is 0 Å². The fourth-order valence-electron chi connectivity index (χ4n) is 3.02. The Labute approximate surface area is 153 Å². The van der Waals surface area contributed by atoms with Crippen molar-refractivity contribution in [2.45, 2.75) is 6.92 Å². The first-order chi connectivity index (χ1) is 11.7. The number of rotatable bonds is 2. The van der Waals surface area contributed by atoms with Crippen molar-refractivity contribution >= 4 is 23.3 Å². The molecule has 1 aromatic heterocycles. The smallest absolute Gasteiger partial charge is 0.124 e. The van der Waals surface area contributed by atoms with Crippen LogP contribution in [0.4, 0.5) is 0 Å². The Balaban J connectivity index is 0.00000182. The van der Waals surface area contributed by atoms with Gasteiger partial charge >= 0.3 is 0 Å². The van der Waals surface area contributed by atoms with Crippen LogP contribution in [-0.4, -0.2) is 10.1 Å². The average molecular weight is 348 g/mol. The summed E-state index contributed by atoms with van der Waals surface area (Å²) in [5.74, 6) is 0.252. The highest BCUT2D eigenvalue weighted by Gasteiger charge is 2.12. The molecule has 0 aliphatic rings. The summed E-state index contributed by atoms with van der Waals surface area (Å²) in [4.78, 5) is 4.77. The molecule has 0 atom stereocenters. The lowest BCUT2D eigenvalue weighted by atomic mass is 9.97. The van der Waals surface area contributed by atoms with Crippen molar-refractivity contribution in [1.82, 2.24) is 4.98 Å². The third kappa shape index (κ3) is 3.21. The van der Waals surface area contributed by atoms with E-state index in [0.717, 1.165) is 38.9 Å². The monoisotopic (exact) mass is 347 g/mol. The number of hydrogen-bond acceptors (Lipinski definition) is 2. The third-order valence-electron chi connectivity index (χ3n) is 4.23. The van der Waals surface area contributed by atoms with E-state index >= 15 is 0 Å². The summed E-state index contributed by atoms with van der Waals surface area (Å²) in [6.45, 7) is 2.02. The number of aromatic nitrogens is 1. The van der Waals surface area contributed by atoms with E-state index in [1.807, 2.05) is 55.5 Å². The Bertz CT molecular complexity index is 1030. The zero-order valence-electron chi connectivity index (χ0n) is 13.8. The molecule has 0 unspecified atom stereocenters. The van der Waals surface area contributed by atoms with Crippen molar-refractivity contribution in [3.63, 3.8) is 0 Å². The Hall–Kier alpha value is -2.84. The number of hydrogen-bond donors (Lipinski definition) is 1. The number of para-hydroxylation sites is 1. The second-order valence-corrected chi connectivity index (χ2v) is 5.96. The second kappa shape index (κ2) is 6.96. The predicted molar refractivity (Wildman–Crippen MR) is 106 cm³/mol. The minimum Gasteiger partial charge on any atom is -0.507 e. The van der Waals surface area contributed by atoms with Gasteiger partial charge in [-0.3, -0.25) is 0 Å². The van der Waals surface area contributed by atoms with Gasteiger partial charge in [-0.1, -0.05) is 60.2 Å². The average Bonchev–Trinajstić information content (AvgIpc) is 2.63. The van der Waals surface area contributed by atoms with Gasteiger partial charge in [0.15, 0.2) is 0 Å². The Morgan fingerprint density at radius 1 is 0.760 bits per heavy atom. The van der Waals surface area contributed by atoms with Crippen molar-refractivity contribution in [3.05, 3.63) is 84.4 Å². The molecule has 0 spiro atoms. The lowest BCUT2D eigenvalue weighted by Crippen LogP contribution is -1.90. The Morgan fingerprint density at radius 2 is 1.48 bits per heavy atom. The number of pyridine rings is 1. The summed E-state index contributed by atoms with van der Waals surface area (Å²) >= 11 is 0. The van der Waals surface area contributed by atoms with Crippen LogP contribution in [0.2, 0.25) is 0 Å². The number of fused-ring (bicyclic) bond motifs is 1. The summed E-state index contributed by atoms with van der Waals surface area (Å²) in [6, 6.07) is 26.1. The van der Waals surface area contributed by atoms with Crippen molar-refractivity contribution in [3.8, 4) is 28.1 Å².